The van der Waals surface area contributed by atoms with Gasteiger partial charge in [0.1, 0.15) is 0 Å². The number of rotatable bonds is 4. The molecule has 0 unspecified atom stereocenters. The first-order valence-corrected chi connectivity index (χ1v) is 8.27. The van der Waals surface area contributed by atoms with E-state index in [1.165, 1.54) is 12.5 Å². The molecule has 1 atom stereocenters. The van der Waals surface area contributed by atoms with Crippen molar-refractivity contribution >= 4 is 5.69 Å². The Morgan fingerprint density at radius 1 is 1.22 bits per heavy atom. The minimum absolute atomic E-state index is 0.0979. The lowest BCUT2D eigenvalue weighted by atomic mass is 9.76. The van der Waals surface area contributed by atoms with E-state index in [2.05, 4.69) is 10.2 Å². The molecule has 4 rings (SSSR count). The fourth-order valence-corrected chi connectivity index (χ4v) is 3.81. The van der Waals surface area contributed by atoms with Gasteiger partial charge in [-0.25, -0.2) is 0 Å². The number of hydrogen-bond donors (Lipinski definition) is 1. The third-order valence-electron chi connectivity index (χ3n) is 5.18. The predicted octanol–water partition coefficient (Wildman–Crippen LogP) is 2.07. The lowest BCUT2D eigenvalue weighted by molar-refractivity contribution is -0.386. The first-order chi connectivity index (χ1) is 11.2. The van der Waals surface area contributed by atoms with Gasteiger partial charge in [0.2, 0.25) is 6.79 Å². The predicted molar refractivity (Wildman–Crippen MR) is 83.7 cm³/mol. The summed E-state index contributed by atoms with van der Waals surface area (Å²) in [7, 11) is 0. The molecule has 0 amide bonds. The summed E-state index contributed by atoms with van der Waals surface area (Å²) in [6.45, 7) is 3.85. The number of nitro groups is 1. The summed E-state index contributed by atoms with van der Waals surface area (Å²) in [5.41, 5.74) is 0.940. The van der Waals surface area contributed by atoms with Gasteiger partial charge in [-0.05, 0) is 24.8 Å². The van der Waals surface area contributed by atoms with Crippen LogP contribution in [0.15, 0.2) is 12.1 Å². The quantitative estimate of drug-likeness (QED) is 0.676. The van der Waals surface area contributed by atoms with Crippen molar-refractivity contribution in [2.75, 3.05) is 33.0 Å². The molecular weight excluding hydrogens is 298 g/mol. The Morgan fingerprint density at radius 3 is 2.52 bits per heavy atom. The van der Waals surface area contributed by atoms with Crippen molar-refractivity contribution in [1.29, 1.82) is 0 Å². The smallest absolute Gasteiger partial charge is 0.278 e. The zero-order valence-corrected chi connectivity index (χ0v) is 13.0. The molecule has 0 bridgehead atoms. The summed E-state index contributed by atoms with van der Waals surface area (Å²) in [5, 5.41) is 15.0. The van der Waals surface area contributed by atoms with Crippen molar-refractivity contribution in [3.8, 4) is 11.5 Å². The summed E-state index contributed by atoms with van der Waals surface area (Å²) in [6, 6.07) is 3.47. The molecule has 23 heavy (non-hydrogen) atoms. The van der Waals surface area contributed by atoms with E-state index in [-0.39, 0.29) is 23.4 Å². The van der Waals surface area contributed by atoms with Crippen LogP contribution >= 0.6 is 0 Å². The second-order valence-electron chi connectivity index (χ2n) is 6.44. The number of hydrogen-bond acceptors (Lipinski definition) is 6. The molecule has 7 nitrogen and oxygen atoms in total. The highest BCUT2D eigenvalue weighted by molar-refractivity contribution is 5.56. The molecular formula is C16H21N3O4. The van der Waals surface area contributed by atoms with E-state index in [1.54, 1.807) is 0 Å². The van der Waals surface area contributed by atoms with Gasteiger partial charge in [-0.1, -0.05) is 6.42 Å². The molecule has 0 radical (unpaired) electrons. The van der Waals surface area contributed by atoms with Gasteiger partial charge in [0.25, 0.3) is 5.69 Å². The third-order valence-corrected chi connectivity index (χ3v) is 5.18. The van der Waals surface area contributed by atoms with Crippen LogP contribution in [0.5, 0.6) is 11.5 Å². The number of nitrogens with zero attached hydrogens (tertiary/aromatic N) is 2. The van der Waals surface area contributed by atoms with Crippen LogP contribution in [0.1, 0.15) is 30.9 Å². The van der Waals surface area contributed by atoms with Crippen LogP contribution in [-0.4, -0.2) is 42.8 Å². The number of nitrogens with one attached hydrogen (secondary N) is 1. The second kappa shape index (κ2) is 5.98. The number of fused-ring (bicyclic) bond motifs is 1. The van der Waals surface area contributed by atoms with Gasteiger partial charge in [0, 0.05) is 32.2 Å². The van der Waals surface area contributed by atoms with Crippen molar-refractivity contribution in [3.63, 3.8) is 0 Å². The standard InChI is InChI=1S/C16H21N3O4/c20-19(21)13-9-15-14(22-10-23-15)8-12(13)16(11-2-1-3-11)18-6-4-17-5-7-18/h8-9,11,16-17H,1-7,10H2/t16-/m1/s1. The lowest BCUT2D eigenvalue weighted by Gasteiger charge is -2.43. The van der Waals surface area contributed by atoms with Gasteiger partial charge in [0.05, 0.1) is 16.6 Å². The van der Waals surface area contributed by atoms with E-state index in [9.17, 15) is 10.1 Å². The third kappa shape index (κ3) is 2.64. The van der Waals surface area contributed by atoms with Crippen LogP contribution in [0, 0.1) is 16.0 Å². The van der Waals surface area contributed by atoms with Crippen LogP contribution in [0.2, 0.25) is 0 Å². The van der Waals surface area contributed by atoms with Crippen molar-refractivity contribution in [2.45, 2.75) is 25.3 Å². The van der Waals surface area contributed by atoms with Crippen LogP contribution in [0.3, 0.4) is 0 Å². The van der Waals surface area contributed by atoms with E-state index in [0.717, 1.165) is 44.6 Å². The molecule has 0 spiro atoms. The summed E-state index contributed by atoms with van der Waals surface area (Å²) in [5.74, 6) is 1.60. The Bertz CT molecular complexity index is 612. The van der Waals surface area contributed by atoms with Crippen LogP contribution < -0.4 is 14.8 Å². The molecule has 1 aromatic carbocycles. The molecule has 3 aliphatic rings. The Labute approximate surface area is 134 Å². The maximum absolute atomic E-state index is 11.6. The van der Waals surface area contributed by atoms with E-state index < -0.39 is 0 Å². The Balaban J connectivity index is 1.76. The fraction of sp³-hybridized carbons (Fsp3) is 0.625. The van der Waals surface area contributed by atoms with Gasteiger partial charge < -0.3 is 14.8 Å². The van der Waals surface area contributed by atoms with E-state index in [4.69, 9.17) is 9.47 Å². The first kappa shape index (κ1) is 14.7. The molecule has 2 fully saturated rings. The molecule has 0 aromatic heterocycles. The average molecular weight is 319 g/mol. The summed E-state index contributed by atoms with van der Waals surface area (Å²) in [6.07, 6.45) is 3.49. The minimum Gasteiger partial charge on any atom is -0.454 e. The Kier molecular flexibility index (Phi) is 3.82. The number of ether oxygens (including phenoxy) is 2. The van der Waals surface area contributed by atoms with Gasteiger partial charge in [-0.15, -0.1) is 0 Å². The highest BCUT2D eigenvalue weighted by Gasteiger charge is 2.38. The van der Waals surface area contributed by atoms with Crippen LogP contribution in [0.4, 0.5) is 5.69 Å². The topological polar surface area (TPSA) is 76.9 Å². The number of nitro benzene ring substituents is 1. The monoisotopic (exact) mass is 319 g/mol. The molecule has 124 valence electrons. The molecule has 1 saturated carbocycles. The zero-order valence-electron chi connectivity index (χ0n) is 13.0. The first-order valence-electron chi connectivity index (χ1n) is 8.27. The lowest BCUT2D eigenvalue weighted by Crippen LogP contribution is -2.48. The maximum Gasteiger partial charge on any atom is 0.278 e. The zero-order chi connectivity index (χ0) is 15.8. The largest absolute Gasteiger partial charge is 0.454 e. The maximum atomic E-state index is 11.6. The molecule has 1 saturated heterocycles. The molecule has 7 heteroatoms. The SMILES string of the molecule is O=[N+]([O-])c1cc2c(cc1[C@@H](C1CCC1)N1CCNCC1)OCO2. The fourth-order valence-electron chi connectivity index (χ4n) is 3.81. The summed E-state index contributed by atoms with van der Waals surface area (Å²) < 4.78 is 10.8. The van der Waals surface area contributed by atoms with Gasteiger partial charge in [-0.3, -0.25) is 15.0 Å². The van der Waals surface area contributed by atoms with Crippen molar-refractivity contribution in [2.24, 2.45) is 5.92 Å². The highest BCUT2D eigenvalue weighted by atomic mass is 16.7. The van der Waals surface area contributed by atoms with Gasteiger partial charge in [0.15, 0.2) is 11.5 Å². The van der Waals surface area contributed by atoms with Crippen molar-refractivity contribution < 1.29 is 14.4 Å². The molecule has 1 N–H and O–H groups in total. The normalized spacial score (nSPS) is 22.6. The molecule has 1 aromatic rings. The van der Waals surface area contributed by atoms with Crippen molar-refractivity contribution in [3.05, 3.63) is 27.8 Å². The Hall–Kier alpha value is -1.86. The van der Waals surface area contributed by atoms with E-state index in [0.29, 0.717) is 17.4 Å². The highest BCUT2D eigenvalue weighted by Crippen LogP contribution is 2.47. The molecule has 2 heterocycles. The minimum atomic E-state index is -0.287. The number of benzene rings is 1. The second-order valence-corrected chi connectivity index (χ2v) is 6.44. The molecule has 2 aliphatic heterocycles. The Morgan fingerprint density at radius 2 is 1.91 bits per heavy atom. The van der Waals surface area contributed by atoms with Gasteiger partial charge >= 0.3 is 0 Å². The average Bonchev–Trinajstić information content (AvgIpc) is 2.97. The van der Waals surface area contributed by atoms with E-state index >= 15 is 0 Å². The van der Waals surface area contributed by atoms with E-state index in [1.807, 2.05) is 6.07 Å². The van der Waals surface area contributed by atoms with Gasteiger partial charge in [-0.2, -0.15) is 0 Å². The summed E-state index contributed by atoms with van der Waals surface area (Å²) in [4.78, 5) is 13.7. The van der Waals surface area contributed by atoms with Crippen LogP contribution in [0.25, 0.3) is 0 Å². The van der Waals surface area contributed by atoms with Crippen LogP contribution in [-0.2, 0) is 0 Å². The molecule has 1 aliphatic carbocycles. The summed E-state index contributed by atoms with van der Waals surface area (Å²) >= 11 is 0. The van der Waals surface area contributed by atoms with Crippen molar-refractivity contribution in [1.82, 2.24) is 10.2 Å². The number of piperazine rings is 1.